The molecule has 20 heavy (non-hydrogen) atoms. The molecule has 0 bridgehead atoms. The highest BCUT2D eigenvalue weighted by atomic mass is 127. The largest absolute Gasteiger partial charge is 0.381 e. The molecule has 0 heterocycles. The number of aliphatic imine (C=N–C) groups is 1. The number of ether oxygens (including phenoxy) is 1. The predicted octanol–water partition coefficient (Wildman–Crippen LogP) is 2.73. The second-order valence-electron chi connectivity index (χ2n) is 4.91. The maximum atomic E-state index is 5.61. The van der Waals surface area contributed by atoms with Gasteiger partial charge in [0.2, 0.25) is 0 Å². The van der Waals surface area contributed by atoms with Gasteiger partial charge >= 0.3 is 0 Å². The van der Waals surface area contributed by atoms with Crippen LogP contribution in [0.2, 0.25) is 0 Å². The van der Waals surface area contributed by atoms with Gasteiger partial charge in [-0.25, -0.2) is 0 Å². The highest BCUT2D eigenvalue weighted by Crippen LogP contribution is 2.28. The van der Waals surface area contributed by atoms with Gasteiger partial charge in [0, 0.05) is 32.8 Å². The Hall–Kier alpha value is 0.310. The van der Waals surface area contributed by atoms with E-state index in [2.05, 4.69) is 28.8 Å². The number of nitrogens with zero attached hydrogens (tertiary/aromatic N) is 1. The molecule has 0 unspecified atom stereocenters. The van der Waals surface area contributed by atoms with Crippen molar-refractivity contribution in [2.24, 2.45) is 10.9 Å². The Kier molecular flexibility index (Phi) is 14.5. The van der Waals surface area contributed by atoms with Gasteiger partial charge in [0.05, 0.1) is 0 Å². The van der Waals surface area contributed by atoms with E-state index in [1.54, 1.807) is 0 Å². The van der Waals surface area contributed by atoms with E-state index in [9.17, 15) is 0 Å². The summed E-state index contributed by atoms with van der Waals surface area (Å²) in [5.41, 5.74) is 0. The summed E-state index contributed by atoms with van der Waals surface area (Å²) in [4.78, 5) is 4.55. The first-order valence-electron chi connectivity index (χ1n) is 7.45. The fraction of sp³-hybridized carbons (Fsp3) is 0.929. The third-order valence-corrected chi connectivity index (χ3v) is 3.63. The summed E-state index contributed by atoms with van der Waals surface area (Å²) in [6.45, 7) is 6.65. The molecule has 0 saturated heterocycles. The van der Waals surface area contributed by atoms with Crippen molar-refractivity contribution in [3.8, 4) is 0 Å². The average Bonchev–Trinajstić information content (AvgIpc) is 3.22. The molecule has 0 radical (unpaired) electrons. The van der Waals surface area contributed by atoms with Crippen LogP contribution in [0.25, 0.3) is 0 Å². The summed E-state index contributed by atoms with van der Waals surface area (Å²) in [7, 11) is 0. The Morgan fingerprint density at radius 2 is 2.10 bits per heavy atom. The Balaban J connectivity index is 0.00000361. The van der Waals surface area contributed by atoms with E-state index in [4.69, 9.17) is 4.74 Å². The van der Waals surface area contributed by atoms with Crippen LogP contribution in [-0.2, 0) is 4.74 Å². The first kappa shape index (κ1) is 20.3. The molecule has 0 aromatic rings. The molecule has 0 spiro atoms. The quantitative estimate of drug-likeness (QED) is 0.236. The van der Waals surface area contributed by atoms with Crippen LogP contribution in [-0.4, -0.2) is 50.8 Å². The summed E-state index contributed by atoms with van der Waals surface area (Å²) >= 11 is 1.87. The van der Waals surface area contributed by atoms with Crippen LogP contribution in [0, 0.1) is 5.92 Å². The van der Waals surface area contributed by atoms with Crippen LogP contribution in [0.3, 0.4) is 0 Å². The number of rotatable bonds is 11. The van der Waals surface area contributed by atoms with Crippen molar-refractivity contribution >= 4 is 41.7 Å². The van der Waals surface area contributed by atoms with Crippen molar-refractivity contribution in [1.29, 1.82) is 0 Å². The topological polar surface area (TPSA) is 45.7 Å². The lowest BCUT2D eigenvalue weighted by Gasteiger charge is -2.11. The molecule has 1 saturated carbocycles. The zero-order valence-electron chi connectivity index (χ0n) is 12.8. The Morgan fingerprint density at radius 3 is 2.75 bits per heavy atom. The van der Waals surface area contributed by atoms with Crippen LogP contribution in [0.15, 0.2) is 4.99 Å². The molecule has 4 nitrogen and oxygen atoms in total. The molecule has 2 N–H and O–H groups in total. The molecule has 0 amide bonds. The smallest absolute Gasteiger partial charge is 0.191 e. The minimum absolute atomic E-state index is 0. The average molecular weight is 415 g/mol. The Morgan fingerprint density at radius 1 is 1.30 bits per heavy atom. The number of hydrogen-bond donors (Lipinski definition) is 2. The molecule has 0 aromatic heterocycles. The van der Waals surface area contributed by atoms with Gasteiger partial charge in [-0.3, -0.25) is 4.99 Å². The molecular weight excluding hydrogens is 385 g/mol. The van der Waals surface area contributed by atoms with Gasteiger partial charge in [0.25, 0.3) is 0 Å². The first-order valence-corrected chi connectivity index (χ1v) is 8.85. The number of nitrogens with one attached hydrogen (secondary N) is 2. The van der Waals surface area contributed by atoms with E-state index < -0.39 is 0 Å². The van der Waals surface area contributed by atoms with Crippen LogP contribution < -0.4 is 10.6 Å². The van der Waals surface area contributed by atoms with E-state index in [-0.39, 0.29) is 24.0 Å². The van der Waals surface area contributed by atoms with Crippen molar-refractivity contribution in [1.82, 2.24) is 10.6 Å². The van der Waals surface area contributed by atoms with E-state index in [0.29, 0.717) is 0 Å². The highest BCUT2D eigenvalue weighted by Gasteiger charge is 2.20. The second-order valence-corrected chi connectivity index (χ2v) is 5.89. The van der Waals surface area contributed by atoms with Gasteiger partial charge in [-0.2, -0.15) is 11.8 Å². The lowest BCUT2D eigenvalue weighted by atomic mass is 10.4. The monoisotopic (exact) mass is 415 g/mol. The zero-order chi connectivity index (χ0) is 13.8. The van der Waals surface area contributed by atoms with Crippen LogP contribution >= 0.6 is 35.7 Å². The number of halogens is 1. The van der Waals surface area contributed by atoms with E-state index in [1.165, 1.54) is 18.6 Å². The molecule has 1 aliphatic carbocycles. The van der Waals surface area contributed by atoms with Gasteiger partial charge in [-0.1, -0.05) is 0 Å². The van der Waals surface area contributed by atoms with Crippen molar-refractivity contribution in [3.05, 3.63) is 0 Å². The van der Waals surface area contributed by atoms with Gasteiger partial charge in [-0.15, -0.1) is 24.0 Å². The zero-order valence-corrected chi connectivity index (χ0v) is 16.0. The molecular formula is C14H30IN3OS. The molecule has 1 fully saturated rings. The second kappa shape index (κ2) is 14.3. The van der Waals surface area contributed by atoms with Crippen LogP contribution in [0.1, 0.15) is 32.6 Å². The number of thioether (sulfide) groups is 1. The van der Waals surface area contributed by atoms with E-state index >= 15 is 0 Å². The van der Waals surface area contributed by atoms with Gasteiger partial charge in [-0.05, 0) is 50.5 Å². The maximum absolute atomic E-state index is 5.61. The van der Waals surface area contributed by atoms with Crippen molar-refractivity contribution in [3.63, 3.8) is 0 Å². The first-order chi connectivity index (χ1) is 9.36. The standard InChI is InChI=1S/C14H29N3OS.HI/c1-3-15-14(17-9-5-11-19-2)16-8-4-10-18-12-13-6-7-13;/h13H,3-12H2,1-2H3,(H2,15,16,17);1H. The Bertz CT molecular complexity index is 251. The maximum Gasteiger partial charge on any atom is 0.191 e. The SMILES string of the molecule is CCNC(=NCCCSC)NCCCOCC1CC1.I. The number of hydrogen-bond acceptors (Lipinski definition) is 3. The minimum atomic E-state index is 0. The minimum Gasteiger partial charge on any atom is -0.381 e. The van der Waals surface area contributed by atoms with Crippen LogP contribution in [0.5, 0.6) is 0 Å². The fourth-order valence-electron chi connectivity index (χ4n) is 1.66. The normalized spacial score (nSPS) is 14.8. The summed E-state index contributed by atoms with van der Waals surface area (Å²) in [5, 5.41) is 6.62. The summed E-state index contributed by atoms with van der Waals surface area (Å²) in [6, 6.07) is 0. The molecule has 1 rings (SSSR count). The Labute approximate surface area is 145 Å². The lowest BCUT2D eigenvalue weighted by Crippen LogP contribution is -2.38. The summed E-state index contributed by atoms with van der Waals surface area (Å²) in [6.07, 6.45) is 7.05. The summed E-state index contributed by atoms with van der Waals surface area (Å²) in [5.74, 6) is 2.98. The van der Waals surface area contributed by atoms with Gasteiger partial charge in [0.1, 0.15) is 0 Å². The molecule has 6 heteroatoms. The van der Waals surface area contributed by atoms with Gasteiger partial charge in [0.15, 0.2) is 5.96 Å². The lowest BCUT2D eigenvalue weighted by molar-refractivity contribution is 0.123. The van der Waals surface area contributed by atoms with Crippen molar-refractivity contribution < 1.29 is 4.74 Å². The molecule has 0 aliphatic heterocycles. The van der Waals surface area contributed by atoms with E-state index in [0.717, 1.165) is 57.6 Å². The van der Waals surface area contributed by atoms with Crippen LogP contribution in [0.4, 0.5) is 0 Å². The molecule has 1 aliphatic rings. The van der Waals surface area contributed by atoms with Crippen molar-refractivity contribution in [2.45, 2.75) is 32.6 Å². The number of guanidine groups is 1. The van der Waals surface area contributed by atoms with Crippen molar-refractivity contribution in [2.75, 3.05) is 44.9 Å². The fourth-order valence-corrected chi connectivity index (χ4v) is 2.07. The summed E-state index contributed by atoms with van der Waals surface area (Å²) < 4.78 is 5.61. The predicted molar refractivity (Wildman–Crippen MR) is 101 cm³/mol. The third kappa shape index (κ3) is 12.1. The highest BCUT2D eigenvalue weighted by molar-refractivity contribution is 14.0. The van der Waals surface area contributed by atoms with E-state index in [1.807, 2.05) is 11.8 Å². The molecule has 0 atom stereocenters. The molecule has 120 valence electrons. The third-order valence-electron chi connectivity index (χ3n) is 2.93. The molecule has 0 aromatic carbocycles. The van der Waals surface area contributed by atoms with Gasteiger partial charge < -0.3 is 15.4 Å².